The summed E-state index contributed by atoms with van der Waals surface area (Å²) in [5.74, 6) is 0.400. The molecule has 0 heterocycles. The number of rotatable bonds is 5. The van der Waals surface area contributed by atoms with Gasteiger partial charge < -0.3 is 15.2 Å². The Morgan fingerprint density at radius 3 is 2.71 bits per heavy atom. The van der Waals surface area contributed by atoms with E-state index in [0.717, 1.165) is 4.47 Å². The molecule has 0 fully saturated rings. The van der Waals surface area contributed by atoms with Crippen molar-refractivity contribution >= 4 is 21.6 Å². The summed E-state index contributed by atoms with van der Waals surface area (Å²) in [6.45, 7) is 1.97. The lowest BCUT2D eigenvalue weighted by molar-refractivity contribution is 0.414. The summed E-state index contributed by atoms with van der Waals surface area (Å²) in [4.78, 5) is 0. The van der Waals surface area contributed by atoms with Crippen molar-refractivity contribution in [1.82, 2.24) is 0 Å². The molecule has 2 aromatic rings. The van der Waals surface area contributed by atoms with Gasteiger partial charge in [0.25, 0.3) is 0 Å². The fourth-order valence-corrected chi connectivity index (χ4v) is 2.51. The second-order valence-electron chi connectivity index (χ2n) is 4.65. The Hall–Kier alpha value is -1.75. The summed E-state index contributed by atoms with van der Waals surface area (Å²) < 4.78 is 19.9. The van der Waals surface area contributed by atoms with Crippen molar-refractivity contribution in [2.75, 3.05) is 12.4 Å². The van der Waals surface area contributed by atoms with Crippen LogP contribution in [0.4, 0.5) is 10.1 Å². The minimum Gasteiger partial charge on any atom is -0.508 e. The van der Waals surface area contributed by atoms with E-state index in [1.807, 2.05) is 13.0 Å². The van der Waals surface area contributed by atoms with Gasteiger partial charge in [0.05, 0.1) is 18.8 Å². The number of aromatic hydroxyl groups is 1. The van der Waals surface area contributed by atoms with Gasteiger partial charge in [-0.1, -0.05) is 22.9 Å². The van der Waals surface area contributed by atoms with Gasteiger partial charge in [-0.2, -0.15) is 0 Å². The molecular weight excluding hydrogens is 337 g/mol. The molecule has 5 heteroatoms. The van der Waals surface area contributed by atoms with E-state index in [1.54, 1.807) is 24.3 Å². The molecule has 0 spiro atoms. The molecule has 21 heavy (non-hydrogen) atoms. The van der Waals surface area contributed by atoms with Crippen LogP contribution in [0.5, 0.6) is 11.5 Å². The van der Waals surface area contributed by atoms with Gasteiger partial charge in [-0.15, -0.1) is 0 Å². The molecule has 1 atom stereocenters. The minimum atomic E-state index is -0.358. The molecule has 0 aromatic heterocycles. The maximum absolute atomic E-state index is 13.9. The molecule has 0 aliphatic rings. The second-order valence-corrected chi connectivity index (χ2v) is 5.57. The van der Waals surface area contributed by atoms with Gasteiger partial charge in [-0.05, 0) is 36.8 Å². The molecule has 1 unspecified atom stereocenters. The van der Waals surface area contributed by atoms with Gasteiger partial charge >= 0.3 is 0 Å². The van der Waals surface area contributed by atoms with Crippen molar-refractivity contribution in [3.63, 3.8) is 0 Å². The Labute approximate surface area is 131 Å². The van der Waals surface area contributed by atoms with E-state index in [2.05, 4.69) is 21.2 Å². The highest BCUT2D eigenvalue weighted by Gasteiger charge is 2.16. The van der Waals surface area contributed by atoms with Gasteiger partial charge in [-0.3, -0.25) is 0 Å². The number of hydrogen-bond donors (Lipinski definition) is 2. The van der Waals surface area contributed by atoms with E-state index in [-0.39, 0.29) is 17.6 Å². The zero-order chi connectivity index (χ0) is 15.4. The third-order valence-electron chi connectivity index (χ3n) is 3.28. The highest BCUT2D eigenvalue weighted by Crippen LogP contribution is 2.33. The molecule has 2 rings (SSSR count). The Morgan fingerprint density at radius 2 is 2.05 bits per heavy atom. The third-order valence-corrected chi connectivity index (χ3v) is 3.77. The maximum Gasteiger partial charge on any atom is 0.146 e. The van der Waals surface area contributed by atoms with Crippen molar-refractivity contribution in [1.29, 1.82) is 0 Å². The number of phenolic OH excluding ortho intramolecular Hbond substituents is 1. The number of halogens is 2. The molecular formula is C16H17BrFNO2. The van der Waals surface area contributed by atoms with Crippen molar-refractivity contribution < 1.29 is 14.2 Å². The summed E-state index contributed by atoms with van der Waals surface area (Å²) in [7, 11) is 1.54. The SMILES string of the molecule is CCC(Nc1cc(OC)ccc1F)c1cc(Br)ccc1O. The summed E-state index contributed by atoms with van der Waals surface area (Å²) in [6, 6.07) is 9.53. The van der Waals surface area contributed by atoms with E-state index in [0.29, 0.717) is 23.4 Å². The molecule has 0 saturated heterocycles. The highest BCUT2D eigenvalue weighted by molar-refractivity contribution is 9.10. The number of nitrogens with one attached hydrogen (secondary N) is 1. The van der Waals surface area contributed by atoms with Crippen LogP contribution in [-0.2, 0) is 0 Å². The maximum atomic E-state index is 13.9. The predicted octanol–water partition coefficient (Wildman–Crippen LogP) is 4.87. The average molecular weight is 354 g/mol. The van der Waals surface area contributed by atoms with Crippen LogP contribution in [-0.4, -0.2) is 12.2 Å². The zero-order valence-electron chi connectivity index (χ0n) is 11.9. The van der Waals surface area contributed by atoms with E-state index < -0.39 is 0 Å². The fraction of sp³-hybridized carbons (Fsp3) is 0.250. The Bertz CT molecular complexity index is 634. The Kier molecular flexibility index (Phi) is 5.07. The summed E-state index contributed by atoms with van der Waals surface area (Å²) in [5.41, 5.74) is 1.06. The monoisotopic (exact) mass is 353 g/mol. The molecule has 2 aromatic carbocycles. The lowest BCUT2D eigenvalue weighted by Crippen LogP contribution is -2.11. The van der Waals surface area contributed by atoms with E-state index in [9.17, 15) is 9.50 Å². The minimum absolute atomic E-state index is 0.181. The van der Waals surface area contributed by atoms with Crippen LogP contribution < -0.4 is 10.1 Å². The van der Waals surface area contributed by atoms with Gasteiger partial charge in [-0.25, -0.2) is 4.39 Å². The predicted molar refractivity (Wildman–Crippen MR) is 85.4 cm³/mol. The van der Waals surface area contributed by atoms with Crippen molar-refractivity contribution in [3.8, 4) is 11.5 Å². The van der Waals surface area contributed by atoms with Crippen molar-refractivity contribution in [3.05, 3.63) is 52.3 Å². The number of methoxy groups -OCH3 is 1. The van der Waals surface area contributed by atoms with E-state index in [1.165, 1.54) is 13.2 Å². The molecule has 2 N–H and O–H groups in total. The Balaban J connectivity index is 2.33. The smallest absolute Gasteiger partial charge is 0.146 e. The molecule has 0 aliphatic heterocycles. The molecule has 3 nitrogen and oxygen atoms in total. The molecule has 0 bridgehead atoms. The van der Waals surface area contributed by atoms with Gasteiger partial charge in [0, 0.05) is 16.1 Å². The normalized spacial score (nSPS) is 12.0. The van der Waals surface area contributed by atoms with Crippen LogP contribution in [0.2, 0.25) is 0 Å². The van der Waals surface area contributed by atoms with Crippen LogP contribution in [0.25, 0.3) is 0 Å². The summed E-state index contributed by atoms with van der Waals surface area (Å²) >= 11 is 3.38. The lowest BCUT2D eigenvalue weighted by Gasteiger charge is -2.21. The standard InChI is InChI=1S/C16H17BrFNO2/c1-3-14(12-8-10(17)4-7-16(12)20)19-15-9-11(21-2)5-6-13(15)18/h4-9,14,19-20H,3H2,1-2H3. The first kappa shape index (κ1) is 15.6. The Morgan fingerprint density at radius 1 is 1.29 bits per heavy atom. The largest absolute Gasteiger partial charge is 0.508 e. The first-order valence-electron chi connectivity index (χ1n) is 6.63. The quantitative estimate of drug-likeness (QED) is 0.805. The first-order chi connectivity index (χ1) is 10.0. The number of hydrogen-bond acceptors (Lipinski definition) is 3. The van der Waals surface area contributed by atoms with Crippen LogP contribution in [0.3, 0.4) is 0 Å². The average Bonchev–Trinajstić information content (AvgIpc) is 2.49. The third kappa shape index (κ3) is 3.67. The first-order valence-corrected chi connectivity index (χ1v) is 7.43. The number of ether oxygens (including phenoxy) is 1. The van der Waals surface area contributed by atoms with Crippen molar-refractivity contribution in [2.45, 2.75) is 19.4 Å². The molecule has 0 aliphatic carbocycles. The van der Waals surface area contributed by atoms with Gasteiger partial charge in [0.15, 0.2) is 0 Å². The molecule has 0 saturated carbocycles. The van der Waals surface area contributed by atoms with Gasteiger partial charge in [0.1, 0.15) is 17.3 Å². The molecule has 0 radical (unpaired) electrons. The van der Waals surface area contributed by atoms with Crippen LogP contribution >= 0.6 is 15.9 Å². The number of phenols is 1. The second kappa shape index (κ2) is 6.80. The van der Waals surface area contributed by atoms with Crippen LogP contribution in [0.1, 0.15) is 24.9 Å². The zero-order valence-corrected chi connectivity index (χ0v) is 13.4. The van der Waals surface area contributed by atoms with E-state index in [4.69, 9.17) is 4.74 Å². The lowest BCUT2D eigenvalue weighted by atomic mass is 10.0. The van der Waals surface area contributed by atoms with E-state index >= 15 is 0 Å². The fourth-order valence-electron chi connectivity index (χ4n) is 2.13. The van der Waals surface area contributed by atoms with Crippen LogP contribution in [0, 0.1) is 5.82 Å². The highest BCUT2D eigenvalue weighted by atomic mass is 79.9. The topological polar surface area (TPSA) is 41.5 Å². The summed E-state index contributed by atoms with van der Waals surface area (Å²) in [5, 5.41) is 13.1. The number of anilines is 1. The summed E-state index contributed by atoms with van der Waals surface area (Å²) in [6.07, 6.45) is 0.695. The molecule has 0 amide bonds. The van der Waals surface area contributed by atoms with Gasteiger partial charge in [0.2, 0.25) is 0 Å². The van der Waals surface area contributed by atoms with Crippen LogP contribution in [0.15, 0.2) is 40.9 Å². The number of benzene rings is 2. The molecule has 112 valence electrons. The van der Waals surface area contributed by atoms with Crippen molar-refractivity contribution in [2.24, 2.45) is 0 Å².